The van der Waals surface area contributed by atoms with Crippen molar-refractivity contribution in [3.8, 4) is 0 Å². The van der Waals surface area contributed by atoms with Gasteiger partial charge in [0.25, 0.3) is 0 Å². The molecule has 0 aliphatic rings. The first-order valence-corrected chi connectivity index (χ1v) is 7.09. The summed E-state index contributed by atoms with van der Waals surface area (Å²) in [6, 6.07) is 6.04. The van der Waals surface area contributed by atoms with E-state index in [2.05, 4.69) is 27.7 Å². The van der Waals surface area contributed by atoms with Gasteiger partial charge in [0.2, 0.25) is 5.91 Å². The Kier molecular flexibility index (Phi) is 5.11. The molecule has 0 aliphatic heterocycles. The lowest BCUT2D eigenvalue weighted by molar-refractivity contribution is -0.116. The zero-order valence-electron chi connectivity index (χ0n) is 12.8. The molecular weight excluding hydrogens is 264 g/mol. The number of nitrogens with zero attached hydrogens (tertiary/aromatic N) is 3. The van der Waals surface area contributed by atoms with Crippen LogP contribution in [0.4, 0.5) is 0 Å². The van der Waals surface area contributed by atoms with E-state index in [0.717, 1.165) is 30.0 Å². The Morgan fingerprint density at radius 3 is 2.95 bits per heavy atom. The fourth-order valence-corrected chi connectivity index (χ4v) is 2.06. The van der Waals surface area contributed by atoms with E-state index >= 15 is 0 Å². The van der Waals surface area contributed by atoms with E-state index in [9.17, 15) is 4.79 Å². The van der Waals surface area contributed by atoms with Gasteiger partial charge in [0.15, 0.2) is 0 Å². The average molecular weight is 286 g/mol. The number of carbonyl (C=O) groups excluding carboxylic acids is 1. The first-order valence-electron chi connectivity index (χ1n) is 7.09. The summed E-state index contributed by atoms with van der Waals surface area (Å²) in [4.78, 5) is 18.1. The second kappa shape index (κ2) is 7.04. The summed E-state index contributed by atoms with van der Waals surface area (Å²) in [5, 5.41) is 2.87. The average Bonchev–Trinajstić information content (AvgIpc) is 2.82. The minimum Gasteiger partial charge on any atom is -0.352 e. The zero-order valence-corrected chi connectivity index (χ0v) is 12.8. The molecule has 0 bridgehead atoms. The van der Waals surface area contributed by atoms with Crippen molar-refractivity contribution in [3.63, 3.8) is 0 Å². The number of hydrogen-bond acceptors (Lipinski definition) is 3. The molecule has 0 unspecified atom stereocenters. The number of hydrogen-bond donors (Lipinski definition) is 1. The van der Waals surface area contributed by atoms with E-state index in [1.165, 1.54) is 0 Å². The topological polar surface area (TPSA) is 49.6 Å². The third kappa shape index (κ3) is 4.43. The van der Waals surface area contributed by atoms with Crippen LogP contribution in [0.25, 0.3) is 5.65 Å². The quantitative estimate of drug-likeness (QED) is 0.817. The SMILES string of the molecule is Cc1cccc2nc(CCNC(=O)/C=C/CN(C)C)cn12. The van der Waals surface area contributed by atoms with E-state index in [1.807, 2.05) is 43.4 Å². The number of likely N-dealkylation sites (N-methyl/N-ethyl adjacent to an activating group) is 1. The van der Waals surface area contributed by atoms with Gasteiger partial charge in [-0.2, -0.15) is 0 Å². The van der Waals surface area contributed by atoms with Gasteiger partial charge in [0, 0.05) is 37.5 Å². The first kappa shape index (κ1) is 15.3. The predicted octanol–water partition coefficient (Wildman–Crippen LogP) is 1.42. The Morgan fingerprint density at radius 1 is 1.43 bits per heavy atom. The minimum absolute atomic E-state index is 0.0585. The van der Waals surface area contributed by atoms with Gasteiger partial charge in [-0.1, -0.05) is 12.1 Å². The van der Waals surface area contributed by atoms with Crippen molar-refractivity contribution in [1.29, 1.82) is 0 Å². The Balaban J connectivity index is 1.83. The summed E-state index contributed by atoms with van der Waals surface area (Å²) in [7, 11) is 3.93. The molecule has 0 aromatic carbocycles. The van der Waals surface area contributed by atoms with Crippen LogP contribution < -0.4 is 5.32 Å². The van der Waals surface area contributed by atoms with E-state index < -0.39 is 0 Å². The molecule has 0 aliphatic carbocycles. The Hall–Kier alpha value is -2.14. The Bertz CT molecular complexity index is 643. The number of nitrogens with one attached hydrogen (secondary N) is 1. The maximum absolute atomic E-state index is 11.6. The van der Waals surface area contributed by atoms with Crippen molar-refractivity contribution in [2.75, 3.05) is 27.2 Å². The molecule has 5 heteroatoms. The summed E-state index contributed by atoms with van der Waals surface area (Å²) in [6.07, 6.45) is 6.19. The van der Waals surface area contributed by atoms with Crippen LogP contribution >= 0.6 is 0 Å². The number of amides is 1. The lowest BCUT2D eigenvalue weighted by atomic mass is 10.3. The molecule has 1 N–H and O–H groups in total. The molecule has 2 heterocycles. The summed E-state index contributed by atoms with van der Waals surface area (Å²) < 4.78 is 2.06. The molecule has 2 aromatic heterocycles. The van der Waals surface area contributed by atoms with Gasteiger partial charge in [-0.3, -0.25) is 4.79 Å². The molecule has 5 nitrogen and oxygen atoms in total. The van der Waals surface area contributed by atoms with Crippen LogP contribution in [-0.4, -0.2) is 47.4 Å². The molecular formula is C16H22N4O. The van der Waals surface area contributed by atoms with Crippen LogP contribution in [0, 0.1) is 6.92 Å². The van der Waals surface area contributed by atoms with Crippen molar-refractivity contribution in [2.45, 2.75) is 13.3 Å². The van der Waals surface area contributed by atoms with Gasteiger partial charge in [-0.05, 0) is 33.2 Å². The van der Waals surface area contributed by atoms with Gasteiger partial charge in [0.1, 0.15) is 5.65 Å². The lowest BCUT2D eigenvalue weighted by Gasteiger charge is -2.04. The normalized spacial score (nSPS) is 11.6. The minimum atomic E-state index is -0.0585. The number of aryl methyl sites for hydroxylation is 1. The third-order valence-corrected chi connectivity index (χ3v) is 3.17. The number of fused-ring (bicyclic) bond motifs is 1. The van der Waals surface area contributed by atoms with E-state index in [4.69, 9.17) is 0 Å². The molecule has 0 spiro atoms. The molecule has 0 saturated carbocycles. The summed E-state index contributed by atoms with van der Waals surface area (Å²) in [5.74, 6) is -0.0585. The van der Waals surface area contributed by atoms with Gasteiger partial charge >= 0.3 is 0 Å². The van der Waals surface area contributed by atoms with Crippen LogP contribution in [0.2, 0.25) is 0 Å². The first-order chi connectivity index (χ1) is 10.1. The largest absolute Gasteiger partial charge is 0.352 e. The van der Waals surface area contributed by atoms with E-state index in [1.54, 1.807) is 6.08 Å². The van der Waals surface area contributed by atoms with Crippen LogP contribution in [0.1, 0.15) is 11.4 Å². The monoisotopic (exact) mass is 286 g/mol. The highest BCUT2D eigenvalue weighted by Crippen LogP contribution is 2.08. The summed E-state index contributed by atoms with van der Waals surface area (Å²) in [6.45, 7) is 3.41. The highest BCUT2D eigenvalue weighted by molar-refractivity contribution is 5.87. The van der Waals surface area contributed by atoms with Gasteiger partial charge in [-0.15, -0.1) is 0 Å². The van der Waals surface area contributed by atoms with Crippen molar-refractivity contribution in [1.82, 2.24) is 19.6 Å². The molecule has 21 heavy (non-hydrogen) atoms. The Morgan fingerprint density at radius 2 is 2.24 bits per heavy atom. The van der Waals surface area contributed by atoms with Crippen LogP contribution in [-0.2, 0) is 11.2 Å². The standard InChI is InChI=1S/C16H22N4O/c1-13-6-4-7-15-18-14(12-20(13)15)9-10-17-16(21)8-5-11-19(2)3/h4-8,12H,9-11H2,1-3H3,(H,17,21)/b8-5+. The van der Waals surface area contributed by atoms with E-state index in [-0.39, 0.29) is 5.91 Å². The highest BCUT2D eigenvalue weighted by Gasteiger charge is 2.03. The number of rotatable bonds is 6. The smallest absolute Gasteiger partial charge is 0.243 e. The van der Waals surface area contributed by atoms with E-state index in [0.29, 0.717) is 6.54 Å². The molecule has 0 radical (unpaired) electrons. The van der Waals surface area contributed by atoms with Crippen molar-refractivity contribution < 1.29 is 4.79 Å². The molecule has 0 fully saturated rings. The fraction of sp³-hybridized carbons (Fsp3) is 0.375. The number of pyridine rings is 1. The summed E-state index contributed by atoms with van der Waals surface area (Å²) >= 11 is 0. The number of aromatic nitrogens is 2. The maximum atomic E-state index is 11.6. The van der Waals surface area contributed by atoms with Crippen molar-refractivity contribution in [3.05, 3.63) is 47.9 Å². The molecule has 112 valence electrons. The second-order valence-corrected chi connectivity index (χ2v) is 5.33. The molecule has 2 aromatic rings. The fourth-order valence-electron chi connectivity index (χ4n) is 2.06. The molecule has 1 amide bonds. The van der Waals surface area contributed by atoms with Crippen LogP contribution in [0.15, 0.2) is 36.5 Å². The van der Waals surface area contributed by atoms with Crippen LogP contribution in [0.5, 0.6) is 0 Å². The van der Waals surface area contributed by atoms with Crippen molar-refractivity contribution >= 4 is 11.6 Å². The Labute approximate surface area is 125 Å². The maximum Gasteiger partial charge on any atom is 0.243 e. The second-order valence-electron chi connectivity index (χ2n) is 5.33. The van der Waals surface area contributed by atoms with Crippen molar-refractivity contribution in [2.24, 2.45) is 0 Å². The molecule has 2 rings (SSSR count). The van der Waals surface area contributed by atoms with Gasteiger partial charge in [-0.25, -0.2) is 4.98 Å². The molecule has 0 saturated heterocycles. The number of imidazole rings is 1. The highest BCUT2D eigenvalue weighted by atomic mass is 16.1. The number of carbonyl (C=O) groups is 1. The van der Waals surface area contributed by atoms with Crippen LogP contribution in [0.3, 0.4) is 0 Å². The van der Waals surface area contributed by atoms with Gasteiger partial charge in [0.05, 0.1) is 5.69 Å². The summed E-state index contributed by atoms with van der Waals surface area (Å²) in [5.41, 5.74) is 3.09. The van der Waals surface area contributed by atoms with Gasteiger partial charge < -0.3 is 14.6 Å². The molecule has 0 atom stereocenters. The predicted molar refractivity (Wildman–Crippen MR) is 84.3 cm³/mol. The third-order valence-electron chi connectivity index (χ3n) is 3.17. The lowest BCUT2D eigenvalue weighted by Crippen LogP contribution is -2.24. The zero-order chi connectivity index (χ0) is 15.2.